The van der Waals surface area contributed by atoms with Gasteiger partial charge in [-0.3, -0.25) is 6.08 Å². The van der Waals surface area contributed by atoms with Crippen molar-refractivity contribution in [3.8, 4) is 0 Å². The van der Waals surface area contributed by atoms with Crippen molar-refractivity contribution in [3.05, 3.63) is 23.8 Å². The maximum Gasteiger partial charge on any atom is 0 e. The third-order valence-corrected chi connectivity index (χ3v) is 1.15. The van der Waals surface area contributed by atoms with Gasteiger partial charge in [0.25, 0.3) is 0 Å². The Morgan fingerprint density at radius 1 is 1.50 bits per heavy atom. The van der Waals surface area contributed by atoms with Crippen LogP contribution >= 0.6 is 24.8 Å². The third-order valence-electron chi connectivity index (χ3n) is 1.15. The van der Waals surface area contributed by atoms with Crippen molar-refractivity contribution in [1.82, 2.24) is 0 Å². The summed E-state index contributed by atoms with van der Waals surface area (Å²) in [5.41, 5.74) is 1.36. The molecule has 0 bridgehead atoms. The van der Waals surface area contributed by atoms with E-state index >= 15 is 0 Å². The molecular weight excluding hydrogens is 246 g/mol. The van der Waals surface area contributed by atoms with Crippen molar-refractivity contribution in [2.75, 3.05) is 0 Å². The second kappa shape index (κ2) is 9.94. The maximum absolute atomic E-state index is 3.21. The van der Waals surface area contributed by atoms with E-state index in [2.05, 4.69) is 25.2 Å². The van der Waals surface area contributed by atoms with Crippen LogP contribution in [0.1, 0.15) is 19.8 Å². The number of allylic oxidation sites excluding steroid dienone is 4. The van der Waals surface area contributed by atoms with E-state index in [4.69, 9.17) is 0 Å². The van der Waals surface area contributed by atoms with Crippen LogP contribution in [0.25, 0.3) is 0 Å². The molecule has 1 rings (SSSR count). The Kier molecular flexibility index (Phi) is 17.1. The first-order valence-electron chi connectivity index (χ1n) is 2.69. The molecule has 0 saturated heterocycles. The first-order valence-corrected chi connectivity index (χ1v) is 2.69. The van der Waals surface area contributed by atoms with E-state index in [1.54, 1.807) is 0 Å². The minimum atomic E-state index is 0. The summed E-state index contributed by atoms with van der Waals surface area (Å²) < 4.78 is 0. The molecule has 0 spiro atoms. The van der Waals surface area contributed by atoms with E-state index in [-0.39, 0.29) is 51.0 Å². The zero-order valence-electron chi connectivity index (χ0n) is 5.89. The summed E-state index contributed by atoms with van der Waals surface area (Å²) in [6.45, 7) is 2.15. The summed E-state index contributed by atoms with van der Waals surface area (Å²) in [6.07, 6.45) is 9.65. The van der Waals surface area contributed by atoms with Gasteiger partial charge < -0.3 is 0 Å². The number of hydrogen-bond acceptors (Lipinski definition) is 0. The van der Waals surface area contributed by atoms with Gasteiger partial charge in [0.1, 0.15) is 0 Å². The summed E-state index contributed by atoms with van der Waals surface area (Å²) in [5, 5.41) is 0. The minimum absolute atomic E-state index is 0. The molecule has 0 saturated carbocycles. The molecule has 58 valence electrons. The topological polar surface area (TPSA) is 0 Å². The molecule has 0 radical (unpaired) electrons. The fourth-order valence-electron chi connectivity index (χ4n) is 0.693. The molecular formula is C7H11Cl2Zr-. The standard InChI is InChI=1S/C7H9.2ClH.Zr/c1-2-7-5-3-4-6-7;;;/h3,5H,2,4H2,1H3;2*1H;/q-1;;;. The molecule has 0 N–H and O–H groups in total. The summed E-state index contributed by atoms with van der Waals surface area (Å²) in [4.78, 5) is 0. The maximum atomic E-state index is 3.21. The molecule has 0 atom stereocenters. The predicted octanol–water partition coefficient (Wildman–Crippen LogP) is 2.93. The molecule has 0 nitrogen and oxygen atoms in total. The molecule has 3 heteroatoms. The number of rotatable bonds is 1. The second-order valence-electron chi connectivity index (χ2n) is 1.66. The minimum Gasteiger partial charge on any atom is -0.270 e. The van der Waals surface area contributed by atoms with Gasteiger partial charge in [-0.25, -0.2) is 11.6 Å². The average molecular weight is 257 g/mol. The van der Waals surface area contributed by atoms with Crippen molar-refractivity contribution in [2.24, 2.45) is 0 Å². The van der Waals surface area contributed by atoms with Gasteiger partial charge in [0.2, 0.25) is 0 Å². The van der Waals surface area contributed by atoms with E-state index in [1.165, 1.54) is 5.57 Å². The van der Waals surface area contributed by atoms with Gasteiger partial charge in [0.15, 0.2) is 0 Å². The molecule has 0 aromatic carbocycles. The molecule has 0 fully saturated rings. The quantitative estimate of drug-likeness (QED) is 0.634. The summed E-state index contributed by atoms with van der Waals surface area (Å²) in [7, 11) is 0. The Morgan fingerprint density at radius 3 is 2.30 bits per heavy atom. The SMILES string of the molecule is CCC1=[C-]CC=C1.Cl.Cl.[Zr]. The van der Waals surface area contributed by atoms with Crippen LogP contribution in [0.3, 0.4) is 0 Å². The molecule has 0 amide bonds. The van der Waals surface area contributed by atoms with E-state index in [0.717, 1.165) is 12.8 Å². The van der Waals surface area contributed by atoms with Crippen LogP contribution in [0, 0.1) is 6.08 Å². The van der Waals surface area contributed by atoms with Crippen LogP contribution in [0.2, 0.25) is 0 Å². The Bertz CT molecular complexity index is 119. The second-order valence-corrected chi connectivity index (χ2v) is 1.66. The summed E-state index contributed by atoms with van der Waals surface area (Å²) >= 11 is 0. The van der Waals surface area contributed by atoms with E-state index < -0.39 is 0 Å². The number of halogens is 2. The first kappa shape index (κ1) is 17.1. The zero-order chi connectivity index (χ0) is 5.11. The van der Waals surface area contributed by atoms with Gasteiger partial charge in [0, 0.05) is 26.2 Å². The number of hydrogen-bond donors (Lipinski definition) is 0. The van der Waals surface area contributed by atoms with Crippen LogP contribution < -0.4 is 0 Å². The molecule has 0 heterocycles. The summed E-state index contributed by atoms with van der Waals surface area (Å²) in [5.74, 6) is 0. The Labute approximate surface area is 94.1 Å². The first-order chi connectivity index (χ1) is 3.43. The van der Waals surface area contributed by atoms with Crippen molar-refractivity contribution in [1.29, 1.82) is 0 Å². The van der Waals surface area contributed by atoms with Crippen LogP contribution in [-0.4, -0.2) is 0 Å². The molecule has 0 aromatic rings. The van der Waals surface area contributed by atoms with Crippen LogP contribution in [-0.2, 0) is 26.2 Å². The van der Waals surface area contributed by atoms with Crippen LogP contribution in [0.15, 0.2) is 17.7 Å². The Balaban J connectivity index is -0.000000163. The Morgan fingerprint density at radius 2 is 2.10 bits per heavy atom. The molecule has 0 unspecified atom stereocenters. The smallest absolute Gasteiger partial charge is 0 e. The molecule has 1 aliphatic rings. The Hall–Kier alpha value is 0.943. The van der Waals surface area contributed by atoms with Crippen molar-refractivity contribution in [2.45, 2.75) is 19.8 Å². The largest absolute Gasteiger partial charge is 0.270 e. The fraction of sp³-hybridized carbons (Fsp3) is 0.429. The van der Waals surface area contributed by atoms with E-state index in [9.17, 15) is 0 Å². The monoisotopic (exact) mass is 255 g/mol. The van der Waals surface area contributed by atoms with Gasteiger partial charge >= 0.3 is 0 Å². The van der Waals surface area contributed by atoms with Crippen molar-refractivity contribution in [3.63, 3.8) is 0 Å². The van der Waals surface area contributed by atoms with Gasteiger partial charge in [-0.05, 0) is 0 Å². The van der Waals surface area contributed by atoms with Crippen molar-refractivity contribution >= 4 is 24.8 Å². The average Bonchev–Trinajstić information content (AvgIpc) is 2.14. The van der Waals surface area contributed by atoms with Crippen molar-refractivity contribution < 1.29 is 26.2 Å². The zero-order valence-corrected chi connectivity index (χ0v) is 9.98. The van der Waals surface area contributed by atoms with E-state index in [1.807, 2.05) is 0 Å². The predicted molar refractivity (Wildman–Crippen MR) is 45.3 cm³/mol. The van der Waals surface area contributed by atoms with Gasteiger partial charge in [-0.1, -0.05) is 13.3 Å². The fourth-order valence-corrected chi connectivity index (χ4v) is 0.693. The third kappa shape index (κ3) is 5.71. The van der Waals surface area contributed by atoms with E-state index in [0.29, 0.717) is 0 Å². The summed E-state index contributed by atoms with van der Waals surface area (Å²) in [6, 6.07) is 0. The normalized spacial score (nSPS) is 12.3. The van der Waals surface area contributed by atoms with Gasteiger partial charge in [-0.2, -0.15) is 6.08 Å². The van der Waals surface area contributed by atoms with Crippen LogP contribution in [0.5, 0.6) is 0 Å². The van der Waals surface area contributed by atoms with Gasteiger partial charge in [-0.15, -0.1) is 31.2 Å². The van der Waals surface area contributed by atoms with Gasteiger partial charge in [0.05, 0.1) is 0 Å². The molecule has 10 heavy (non-hydrogen) atoms. The molecule has 0 aromatic heterocycles. The molecule has 0 aliphatic heterocycles. The molecule has 1 aliphatic carbocycles. The van der Waals surface area contributed by atoms with Crippen LogP contribution in [0.4, 0.5) is 0 Å².